The average molecular weight is 291 g/mol. The molecule has 1 amide bonds. The van der Waals surface area contributed by atoms with Crippen molar-refractivity contribution in [2.45, 2.75) is 12.8 Å². The fraction of sp³-hybridized carbons (Fsp3) is 0.200. The average Bonchev–Trinajstić information content (AvgIpc) is 2.45. The number of anilines is 1. The lowest BCUT2D eigenvalue weighted by atomic mass is 10.1. The summed E-state index contributed by atoms with van der Waals surface area (Å²) in [6, 6.07) is 10.4. The fourth-order valence-electron chi connectivity index (χ4n) is 1.86. The van der Waals surface area contributed by atoms with Crippen LogP contribution < -0.4 is 10.9 Å². The Kier molecular flexibility index (Phi) is 4.96. The van der Waals surface area contributed by atoms with Crippen molar-refractivity contribution in [3.8, 4) is 0 Å². The zero-order valence-corrected chi connectivity index (χ0v) is 11.6. The molecule has 104 valence electrons. The van der Waals surface area contributed by atoms with Gasteiger partial charge in [0.05, 0.1) is 0 Å². The summed E-state index contributed by atoms with van der Waals surface area (Å²) >= 11 is 5.67. The highest BCUT2D eigenvalue weighted by molar-refractivity contribution is 6.17. The summed E-state index contributed by atoms with van der Waals surface area (Å²) in [6.07, 6.45) is 3.22. The lowest BCUT2D eigenvalue weighted by Crippen LogP contribution is -2.15. The maximum absolute atomic E-state index is 12.0. The van der Waals surface area contributed by atoms with Crippen LogP contribution in [-0.2, 0) is 6.42 Å². The van der Waals surface area contributed by atoms with Gasteiger partial charge >= 0.3 is 0 Å². The number of nitrogens with one attached hydrogen (secondary N) is 2. The normalized spacial score (nSPS) is 10.2. The standard InChI is InChI=1S/C15H15ClN2O2/c16-7-2-4-11-3-1-5-13(9-11)18-15(20)12-6-8-17-14(19)10-12/h1,3,5-6,8-10H,2,4,7H2,(H,17,19)(H,18,20). The Bertz CT molecular complexity index is 652. The largest absolute Gasteiger partial charge is 0.329 e. The molecular weight excluding hydrogens is 276 g/mol. The van der Waals surface area contributed by atoms with Crippen molar-refractivity contribution in [1.29, 1.82) is 0 Å². The molecule has 2 N–H and O–H groups in total. The molecule has 0 saturated heterocycles. The minimum Gasteiger partial charge on any atom is -0.329 e. The molecule has 0 aliphatic heterocycles. The molecule has 0 spiro atoms. The summed E-state index contributed by atoms with van der Waals surface area (Å²) in [5.41, 5.74) is 1.87. The lowest BCUT2D eigenvalue weighted by Gasteiger charge is -2.07. The molecule has 0 saturated carbocycles. The topological polar surface area (TPSA) is 62.0 Å². The van der Waals surface area contributed by atoms with E-state index in [0.717, 1.165) is 18.4 Å². The van der Waals surface area contributed by atoms with Crippen molar-refractivity contribution in [3.63, 3.8) is 0 Å². The van der Waals surface area contributed by atoms with Crippen LogP contribution in [0.25, 0.3) is 0 Å². The van der Waals surface area contributed by atoms with Gasteiger partial charge in [0, 0.05) is 29.4 Å². The third-order valence-electron chi connectivity index (χ3n) is 2.82. The molecule has 0 bridgehead atoms. The first kappa shape index (κ1) is 14.3. The molecule has 0 unspecified atom stereocenters. The van der Waals surface area contributed by atoms with Crippen LogP contribution in [0.2, 0.25) is 0 Å². The summed E-state index contributed by atoms with van der Waals surface area (Å²) < 4.78 is 0. The molecule has 20 heavy (non-hydrogen) atoms. The number of rotatable bonds is 5. The number of aromatic amines is 1. The van der Waals surface area contributed by atoms with Crippen LogP contribution in [0.5, 0.6) is 0 Å². The molecule has 0 fully saturated rings. The first-order valence-corrected chi connectivity index (χ1v) is 6.87. The number of halogens is 1. The number of hydrogen-bond donors (Lipinski definition) is 2. The van der Waals surface area contributed by atoms with E-state index in [9.17, 15) is 9.59 Å². The number of hydrogen-bond acceptors (Lipinski definition) is 2. The summed E-state index contributed by atoms with van der Waals surface area (Å²) in [4.78, 5) is 25.7. The van der Waals surface area contributed by atoms with Gasteiger partial charge in [0.2, 0.25) is 5.56 Å². The van der Waals surface area contributed by atoms with E-state index < -0.39 is 0 Å². The number of aromatic nitrogens is 1. The van der Waals surface area contributed by atoms with Crippen LogP contribution in [0.4, 0.5) is 5.69 Å². The number of H-pyrrole nitrogens is 1. The van der Waals surface area contributed by atoms with Gasteiger partial charge in [0.25, 0.3) is 5.91 Å². The number of amides is 1. The molecular formula is C15H15ClN2O2. The number of alkyl halides is 1. The van der Waals surface area contributed by atoms with Gasteiger partial charge in [-0.15, -0.1) is 11.6 Å². The summed E-state index contributed by atoms with van der Waals surface area (Å²) in [6.45, 7) is 0. The zero-order chi connectivity index (χ0) is 14.4. The van der Waals surface area contributed by atoms with E-state index in [-0.39, 0.29) is 11.5 Å². The predicted octanol–water partition coefficient (Wildman–Crippen LogP) is 2.80. The molecule has 1 heterocycles. The van der Waals surface area contributed by atoms with Gasteiger partial charge in [-0.3, -0.25) is 9.59 Å². The fourth-order valence-corrected chi connectivity index (χ4v) is 2.00. The molecule has 0 atom stereocenters. The highest BCUT2D eigenvalue weighted by atomic mass is 35.5. The Morgan fingerprint density at radius 1 is 1.25 bits per heavy atom. The SMILES string of the molecule is O=C(Nc1cccc(CCCCl)c1)c1cc[nH]c(=O)c1. The van der Waals surface area contributed by atoms with E-state index in [1.807, 2.05) is 24.3 Å². The second-order valence-electron chi connectivity index (χ2n) is 4.39. The second kappa shape index (κ2) is 6.91. The quantitative estimate of drug-likeness (QED) is 0.832. The minimum absolute atomic E-state index is 0.298. The maximum Gasteiger partial charge on any atom is 0.255 e. The molecule has 2 aromatic rings. The van der Waals surface area contributed by atoms with Gasteiger partial charge in [-0.1, -0.05) is 12.1 Å². The number of benzene rings is 1. The molecule has 4 nitrogen and oxygen atoms in total. The zero-order valence-electron chi connectivity index (χ0n) is 10.9. The Balaban J connectivity index is 2.09. The minimum atomic E-state index is -0.300. The summed E-state index contributed by atoms with van der Waals surface area (Å²) in [7, 11) is 0. The van der Waals surface area contributed by atoms with Crippen molar-refractivity contribution in [2.75, 3.05) is 11.2 Å². The van der Waals surface area contributed by atoms with Crippen LogP contribution in [0.15, 0.2) is 47.4 Å². The molecule has 2 rings (SSSR count). The third-order valence-corrected chi connectivity index (χ3v) is 3.09. The number of carbonyl (C=O) groups excluding carboxylic acids is 1. The van der Waals surface area contributed by atoms with Crippen LogP contribution in [0.1, 0.15) is 22.3 Å². The summed E-state index contributed by atoms with van der Waals surface area (Å²) in [5.74, 6) is 0.314. The van der Waals surface area contributed by atoms with Crippen molar-refractivity contribution >= 4 is 23.2 Å². The van der Waals surface area contributed by atoms with Crippen LogP contribution in [-0.4, -0.2) is 16.8 Å². The van der Waals surface area contributed by atoms with E-state index in [1.54, 1.807) is 6.07 Å². The lowest BCUT2D eigenvalue weighted by molar-refractivity contribution is 0.102. The summed E-state index contributed by atoms with van der Waals surface area (Å²) in [5, 5.41) is 2.78. The van der Waals surface area contributed by atoms with Crippen LogP contribution in [0.3, 0.4) is 0 Å². The second-order valence-corrected chi connectivity index (χ2v) is 4.77. The van der Waals surface area contributed by atoms with Crippen LogP contribution >= 0.6 is 11.6 Å². The van der Waals surface area contributed by atoms with Gasteiger partial charge in [0.15, 0.2) is 0 Å². The Labute approximate surface area is 121 Å². The van der Waals surface area contributed by atoms with E-state index >= 15 is 0 Å². The smallest absolute Gasteiger partial charge is 0.255 e. The number of carbonyl (C=O) groups is 1. The third kappa shape index (κ3) is 3.96. The molecule has 5 heteroatoms. The molecule has 0 aliphatic rings. The Hall–Kier alpha value is -2.07. The Morgan fingerprint density at radius 2 is 2.10 bits per heavy atom. The van der Waals surface area contributed by atoms with Gasteiger partial charge in [-0.2, -0.15) is 0 Å². The van der Waals surface area contributed by atoms with Crippen LogP contribution in [0, 0.1) is 0 Å². The van der Waals surface area contributed by atoms with Gasteiger partial charge in [-0.25, -0.2) is 0 Å². The highest BCUT2D eigenvalue weighted by Crippen LogP contribution is 2.13. The maximum atomic E-state index is 12.0. The monoisotopic (exact) mass is 290 g/mol. The first-order valence-electron chi connectivity index (χ1n) is 6.34. The van der Waals surface area contributed by atoms with Crippen molar-refractivity contribution in [3.05, 3.63) is 64.1 Å². The van der Waals surface area contributed by atoms with Crippen molar-refractivity contribution < 1.29 is 4.79 Å². The molecule has 0 aliphatic carbocycles. The van der Waals surface area contributed by atoms with Gasteiger partial charge in [-0.05, 0) is 36.6 Å². The molecule has 1 aromatic heterocycles. The van der Waals surface area contributed by atoms with E-state index in [4.69, 9.17) is 11.6 Å². The van der Waals surface area contributed by atoms with Gasteiger partial charge in [0.1, 0.15) is 0 Å². The van der Waals surface area contributed by atoms with Gasteiger partial charge < -0.3 is 10.3 Å². The van der Waals surface area contributed by atoms with E-state index in [2.05, 4.69) is 10.3 Å². The molecule has 0 radical (unpaired) electrons. The predicted molar refractivity (Wildman–Crippen MR) is 80.5 cm³/mol. The van der Waals surface area contributed by atoms with E-state index in [1.165, 1.54) is 12.3 Å². The van der Waals surface area contributed by atoms with E-state index in [0.29, 0.717) is 17.1 Å². The first-order chi connectivity index (χ1) is 9.69. The number of aryl methyl sites for hydroxylation is 1. The van der Waals surface area contributed by atoms with Crippen molar-refractivity contribution in [2.24, 2.45) is 0 Å². The number of pyridine rings is 1. The van der Waals surface area contributed by atoms with Crippen molar-refractivity contribution in [1.82, 2.24) is 4.98 Å². The highest BCUT2D eigenvalue weighted by Gasteiger charge is 2.06. The Morgan fingerprint density at radius 3 is 2.85 bits per heavy atom. The molecule has 1 aromatic carbocycles.